The lowest BCUT2D eigenvalue weighted by molar-refractivity contribution is -0.138. The van der Waals surface area contributed by atoms with Crippen LogP contribution in [0.15, 0.2) is 18.2 Å². The van der Waals surface area contributed by atoms with Gasteiger partial charge < -0.3 is 9.80 Å². The van der Waals surface area contributed by atoms with E-state index >= 15 is 0 Å². The van der Waals surface area contributed by atoms with Crippen molar-refractivity contribution < 1.29 is 9.59 Å². The van der Waals surface area contributed by atoms with Crippen LogP contribution in [0, 0.1) is 13.8 Å². The fourth-order valence-corrected chi connectivity index (χ4v) is 2.59. The molecule has 1 heterocycles. The molecule has 108 valence electrons. The summed E-state index contributed by atoms with van der Waals surface area (Å²) in [5, 5.41) is 0. The van der Waals surface area contributed by atoms with Crippen molar-refractivity contribution in [2.75, 3.05) is 26.2 Å². The maximum absolute atomic E-state index is 12.3. The Morgan fingerprint density at radius 1 is 1.05 bits per heavy atom. The summed E-state index contributed by atoms with van der Waals surface area (Å²) in [6.07, 6.45) is 0.451. The predicted molar refractivity (Wildman–Crippen MR) is 78.5 cm³/mol. The van der Waals surface area contributed by atoms with E-state index < -0.39 is 0 Å². The van der Waals surface area contributed by atoms with Crippen LogP contribution >= 0.6 is 0 Å². The number of aryl methyl sites for hydroxylation is 2. The van der Waals surface area contributed by atoms with Crippen LogP contribution in [0.2, 0.25) is 0 Å². The van der Waals surface area contributed by atoms with Gasteiger partial charge in [-0.25, -0.2) is 0 Å². The molecular weight excluding hydrogens is 252 g/mol. The molecule has 1 aliphatic rings. The van der Waals surface area contributed by atoms with Crippen molar-refractivity contribution in [2.24, 2.45) is 0 Å². The predicted octanol–water partition coefficient (Wildman–Crippen LogP) is 1.54. The molecule has 0 aliphatic carbocycles. The Kier molecular flexibility index (Phi) is 4.42. The minimum Gasteiger partial charge on any atom is -0.339 e. The highest BCUT2D eigenvalue weighted by Gasteiger charge is 2.22. The fourth-order valence-electron chi connectivity index (χ4n) is 2.59. The minimum atomic E-state index is 0.0893. The number of nitrogens with zero attached hydrogens (tertiary/aromatic N) is 2. The lowest BCUT2D eigenvalue weighted by atomic mass is 10.0. The Hall–Kier alpha value is -1.84. The van der Waals surface area contributed by atoms with E-state index in [0.717, 1.165) is 5.56 Å². The van der Waals surface area contributed by atoms with Crippen LogP contribution in [0.25, 0.3) is 0 Å². The van der Waals surface area contributed by atoms with E-state index in [1.54, 1.807) is 11.8 Å². The summed E-state index contributed by atoms with van der Waals surface area (Å²) < 4.78 is 0. The molecule has 1 saturated heterocycles. The average molecular weight is 274 g/mol. The molecule has 0 atom stereocenters. The molecule has 0 aromatic heterocycles. The van der Waals surface area contributed by atoms with Gasteiger partial charge in [0.1, 0.15) is 0 Å². The van der Waals surface area contributed by atoms with Gasteiger partial charge in [-0.1, -0.05) is 23.8 Å². The maximum atomic E-state index is 12.3. The summed E-state index contributed by atoms with van der Waals surface area (Å²) in [6.45, 7) is 8.25. The van der Waals surface area contributed by atoms with Crippen molar-refractivity contribution >= 4 is 11.8 Å². The summed E-state index contributed by atoms with van der Waals surface area (Å²) in [6, 6.07) is 6.19. The number of rotatable bonds is 2. The molecule has 1 fully saturated rings. The van der Waals surface area contributed by atoms with Crippen molar-refractivity contribution in [3.63, 3.8) is 0 Å². The van der Waals surface area contributed by atoms with Gasteiger partial charge >= 0.3 is 0 Å². The molecule has 1 aliphatic heterocycles. The van der Waals surface area contributed by atoms with Crippen molar-refractivity contribution in [3.8, 4) is 0 Å². The van der Waals surface area contributed by atoms with Gasteiger partial charge in [0.15, 0.2) is 0 Å². The summed E-state index contributed by atoms with van der Waals surface area (Å²) in [7, 11) is 0. The molecule has 0 bridgehead atoms. The molecule has 20 heavy (non-hydrogen) atoms. The fraction of sp³-hybridized carbons (Fsp3) is 0.500. The molecule has 0 N–H and O–H groups in total. The second-order valence-corrected chi connectivity index (χ2v) is 5.49. The van der Waals surface area contributed by atoms with E-state index in [1.165, 1.54) is 11.1 Å². The number of piperazine rings is 1. The Balaban J connectivity index is 1.94. The van der Waals surface area contributed by atoms with Crippen molar-refractivity contribution in [2.45, 2.75) is 27.2 Å². The van der Waals surface area contributed by atoms with Crippen LogP contribution in [-0.2, 0) is 16.0 Å². The van der Waals surface area contributed by atoms with Gasteiger partial charge in [0.05, 0.1) is 6.42 Å². The lowest BCUT2D eigenvalue weighted by Crippen LogP contribution is -2.50. The zero-order valence-corrected chi connectivity index (χ0v) is 12.5. The molecule has 1 aromatic carbocycles. The number of benzene rings is 1. The molecule has 0 unspecified atom stereocenters. The molecule has 2 rings (SSSR count). The summed E-state index contributed by atoms with van der Waals surface area (Å²) in [5.74, 6) is 0.242. The third kappa shape index (κ3) is 3.38. The van der Waals surface area contributed by atoms with Crippen LogP contribution in [0.1, 0.15) is 23.6 Å². The van der Waals surface area contributed by atoms with E-state index in [1.807, 2.05) is 24.0 Å². The molecule has 2 amide bonds. The lowest BCUT2D eigenvalue weighted by Gasteiger charge is -2.34. The third-order valence-electron chi connectivity index (χ3n) is 3.92. The maximum Gasteiger partial charge on any atom is 0.227 e. The summed E-state index contributed by atoms with van der Waals surface area (Å²) >= 11 is 0. The smallest absolute Gasteiger partial charge is 0.227 e. The Bertz CT molecular complexity index is 517. The van der Waals surface area contributed by atoms with Crippen LogP contribution < -0.4 is 0 Å². The molecule has 0 spiro atoms. The first kappa shape index (κ1) is 14.6. The van der Waals surface area contributed by atoms with Crippen LogP contribution in [0.5, 0.6) is 0 Å². The van der Waals surface area contributed by atoms with E-state index in [-0.39, 0.29) is 11.8 Å². The van der Waals surface area contributed by atoms with Gasteiger partial charge in [0.25, 0.3) is 0 Å². The van der Waals surface area contributed by atoms with Gasteiger partial charge in [-0.15, -0.1) is 0 Å². The molecule has 4 heteroatoms. The Labute approximate surface area is 120 Å². The Morgan fingerprint density at radius 2 is 1.65 bits per heavy atom. The molecular formula is C16H22N2O2. The van der Waals surface area contributed by atoms with E-state index in [0.29, 0.717) is 32.6 Å². The van der Waals surface area contributed by atoms with Crippen LogP contribution in [-0.4, -0.2) is 47.8 Å². The molecule has 0 saturated carbocycles. The second kappa shape index (κ2) is 6.07. The standard InChI is InChI=1S/C16H22N2O2/c1-12-4-5-15(13(2)10-12)11-16(20)18-8-6-17(7-9-18)14(3)19/h4-5,10H,6-9,11H2,1-3H3. The zero-order valence-electron chi connectivity index (χ0n) is 12.5. The van der Waals surface area contributed by atoms with Gasteiger partial charge in [-0.2, -0.15) is 0 Å². The summed E-state index contributed by atoms with van der Waals surface area (Å²) in [5.41, 5.74) is 3.48. The number of hydrogen-bond donors (Lipinski definition) is 0. The normalized spacial score (nSPS) is 15.3. The van der Waals surface area contributed by atoms with Gasteiger partial charge in [-0.3, -0.25) is 9.59 Å². The zero-order chi connectivity index (χ0) is 14.7. The largest absolute Gasteiger partial charge is 0.339 e. The number of carbonyl (C=O) groups is 2. The van der Waals surface area contributed by atoms with E-state index in [9.17, 15) is 9.59 Å². The highest BCUT2D eigenvalue weighted by molar-refractivity contribution is 5.80. The quantitative estimate of drug-likeness (QED) is 0.820. The summed E-state index contributed by atoms with van der Waals surface area (Å²) in [4.78, 5) is 27.2. The first-order valence-corrected chi connectivity index (χ1v) is 7.07. The van der Waals surface area contributed by atoms with Crippen molar-refractivity contribution in [1.29, 1.82) is 0 Å². The number of amides is 2. The van der Waals surface area contributed by atoms with Crippen LogP contribution in [0.4, 0.5) is 0 Å². The van der Waals surface area contributed by atoms with Crippen molar-refractivity contribution in [1.82, 2.24) is 9.80 Å². The average Bonchev–Trinajstić information content (AvgIpc) is 2.42. The first-order valence-electron chi connectivity index (χ1n) is 7.07. The second-order valence-electron chi connectivity index (χ2n) is 5.49. The minimum absolute atomic E-state index is 0.0893. The third-order valence-corrected chi connectivity index (χ3v) is 3.92. The first-order chi connectivity index (χ1) is 9.47. The topological polar surface area (TPSA) is 40.6 Å². The molecule has 1 aromatic rings. The van der Waals surface area contributed by atoms with Gasteiger partial charge in [-0.05, 0) is 25.0 Å². The van der Waals surface area contributed by atoms with Crippen LogP contribution in [0.3, 0.4) is 0 Å². The van der Waals surface area contributed by atoms with Gasteiger partial charge in [0.2, 0.25) is 11.8 Å². The number of hydrogen-bond acceptors (Lipinski definition) is 2. The monoisotopic (exact) mass is 274 g/mol. The van der Waals surface area contributed by atoms with Crippen molar-refractivity contribution in [3.05, 3.63) is 34.9 Å². The Morgan fingerprint density at radius 3 is 2.20 bits per heavy atom. The molecule has 0 radical (unpaired) electrons. The van der Waals surface area contributed by atoms with Gasteiger partial charge in [0, 0.05) is 33.1 Å². The molecule has 4 nitrogen and oxygen atoms in total. The van der Waals surface area contributed by atoms with E-state index in [2.05, 4.69) is 13.0 Å². The number of carbonyl (C=O) groups excluding carboxylic acids is 2. The highest BCUT2D eigenvalue weighted by atomic mass is 16.2. The van der Waals surface area contributed by atoms with E-state index in [4.69, 9.17) is 0 Å². The SMILES string of the molecule is CC(=O)N1CCN(C(=O)Cc2ccc(C)cc2C)CC1. The highest BCUT2D eigenvalue weighted by Crippen LogP contribution is 2.13.